The van der Waals surface area contributed by atoms with Gasteiger partial charge in [0.15, 0.2) is 0 Å². The predicted octanol–water partition coefficient (Wildman–Crippen LogP) is 1.58. The van der Waals surface area contributed by atoms with Gasteiger partial charge >= 0.3 is 6.03 Å². The van der Waals surface area contributed by atoms with E-state index in [0.29, 0.717) is 13.0 Å². The number of urea groups is 1. The van der Waals surface area contributed by atoms with Crippen molar-refractivity contribution in [2.45, 2.75) is 39.3 Å². The summed E-state index contributed by atoms with van der Waals surface area (Å²) < 4.78 is 0. The van der Waals surface area contributed by atoms with Gasteiger partial charge in [0, 0.05) is 17.6 Å². The first kappa shape index (κ1) is 13.9. The Hall–Kier alpha value is -1.14. The van der Waals surface area contributed by atoms with E-state index in [-0.39, 0.29) is 12.1 Å². The van der Waals surface area contributed by atoms with Crippen molar-refractivity contribution in [2.24, 2.45) is 0 Å². The third kappa shape index (κ3) is 5.14. The highest BCUT2D eigenvalue weighted by Gasteiger charge is 2.12. The summed E-state index contributed by atoms with van der Waals surface area (Å²) in [6, 6.07) is -0.328. The van der Waals surface area contributed by atoms with Crippen molar-refractivity contribution in [3.63, 3.8) is 0 Å². The van der Waals surface area contributed by atoms with Crippen LogP contribution in [0.25, 0.3) is 0 Å². The predicted molar refractivity (Wildman–Crippen MR) is 68.1 cm³/mol. The average Bonchev–Trinajstić information content (AvgIpc) is 2.64. The zero-order chi connectivity index (χ0) is 12.8. The number of hydrogen-bond donors (Lipinski definition) is 3. The van der Waals surface area contributed by atoms with Crippen molar-refractivity contribution in [2.75, 3.05) is 6.54 Å². The number of aliphatic hydroxyl groups excluding tert-OH is 1. The standard InChI is InChI=1S/C11H19N3O2S/c1-7(15)4-5-12-11(16)14-9(3)10-13-6-8(2)17-10/h6-7,9,15H,4-5H2,1-3H3,(H2,12,14,16). The van der Waals surface area contributed by atoms with E-state index < -0.39 is 6.10 Å². The Morgan fingerprint density at radius 1 is 1.59 bits per heavy atom. The highest BCUT2D eigenvalue weighted by molar-refractivity contribution is 7.11. The van der Waals surface area contributed by atoms with Crippen molar-refractivity contribution in [3.05, 3.63) is 16.1 Å². The maximum atomic E-state index is 11.5. The van der Waals surface area contributed by atoms with Crippen molar-refractivity contribution < 1.29 is 9.90 Å². The lowest BCUT2D eigenvalue weighted by Crippen LogP contribution is -2.38. The van der Waals surface area contributed by atoms with Crippen molar-refractivity contribution >= 4 is 17.4 Å². The molecule has 17 heavy (non-hydrogen) atoms. The van der Waals surface area contributed by atoms with Crippen molar-refractivity contribution in [1.82, 2.24) is 15.6 Å². The molecule has 2 amide bonds. The lowest BCUT2D eigenvalue weighted by Gasteiger charge is -2.12. The van der Waals surface area contributed by atoms with E-state index in [4.69, 9.17) is 5.11 Å². The highest BCUT2D eigenvalue weighted by atomic mass is 32.1. The first-order chi connectivity index (χ1) is 7.99. The Morgan fingerprint density at radius 3 is 2.82 bits per heavy atom. The first-order valence-corrected chi connectivity index (χ1v) is 6.45. The molecule has 3 N–H and O–H groups in total. The van der Waals surface area contributed by atoms with Crippen LogP contribution in [-0.2, 0) is 0 Å². The van der Waals surface area contributed by atoms with E-state index in [1.165, 1.54) is 0 Å². The van der Waals surface area contributed by atoms with Gasteiger partial charge in [0.25, 0.3) is 0 Å². The second-order valence-corrected chi connectivity index (χ2v) is 5.34. The second-order valence-electron chi connectivity index (χ2n) is 4.07. The summed E-state index contributed by atoms with van der Waals surface area (Å²) in [7, 11) is 0. The molecule has 1 heterocycles. The second kappa shape index (κ2) is 6.56. The molecule has 0 spiro atoms. The number of amides is 2. The maximum absolute atomic E-state index is 11.5. The Labute approximate surface area is 105 Å². The quantitative estimate of drug-likeness (QED) is 0.749. The van der Waals surface area contributed by atoms with Gasteiger partial charge in [-0.05, 0) is 27.2 Å². The molecule has 0 bridgehead atoms. The van der Waals surface area contributed by atoms with Crippen molar-refractivity contribution in [1.29, 1.82) is 0 Å². The van der Waals surface area contributed by atoms with E-state index in [0.717, 1.165) is 9.88 Å². The average molecular weight is 257 g/mol. The van der Waals surface area contributed by atoms with Gasteiger partial charge in [-0.3, -0.25) is 0 Å². The number of rotatable bonds is 5. The molecule has 0 aliphatic rings. The fourth-order valence-corrected chi connectivity index (χ4v) is 2.05. The van der Waals surface area contributed by atoms with Gasteiger partial charge in [-0.15, -0.1) is 11.3 Å². The molecule has 1 aromatic heterocycles. The number of aliphatic hydroxyl groups is 1. The zero-order valence-electron chi connectivity index (χ0n) is 10.4. The van der Waals surface area contributed by atoms with Crippen molar-refractivity contribution in [3.8, 4) is 0 Å². The molecule has 1 aromatic rings. The van der Waals surface area contributed by atoms with Crippen LogP contribution in [0.3, 0.4) is 0 Å². The van der Waals surface area contributed by atoms with E-state index in [9.17, 15) is 4.79 Å². The Balaban J connectivity index is 2.31. The van der Waals surface area contributed by atoms with Crippen LogP contribution in [0.5, 0.6) is 0 Å². The minimum Gasteiger partial charge on any atom is -0.393 e. The van der Waals surface area contributed by atoms with Crippen LogP contribution >= 0.6 is 11.3 Å². The van der Waals surface area contributed by atoms with Crippen LogP contribution in [0.2, 0.25) is 0 Å². The topological polar surface area (TPSA) is 74.2 Å². The number of nitrogens with zero attached hydrogens (tertiary/aromatic N) is 1. The van der Waals surface area contributed by atoms with Gasteiger partial charge in [0.05, 0.1) is 12.1 Å². The molecular formula is C11H19N3O2S. The number of carbonyl (C=O) groups excluding carboxylic acids is 1. The molecule has 0 aliphatic carbocycles. The molecule has 2 atom stereocenters. The van der Waals surface area contributed by atoms with Crippen LogP contribution in [0.15, 0.2) is 6.20 Å². The largest absolute Gasteiger partial charge is 0.393 e. The van der Waals surface area contributed by atoms with E-state index in [2.05, 4.69) is 15.6 Å². The van der Waals surface area contributed by atoms with Crippen LogP contribution in [-0.4, -0.2) is 28.8 Å². The number of aryl methyl sites for hydroxylation is 1. The Kier molecular flexibility index (Phi) is 5.37. The molecule has 0 aliphatic heterocycles. The van der Waals surface area contributed by atoms with E-state index in [1.54, 1.807) is 24.5 Å². The van der Waals surface area contributed by atoms with Crippen LogP contribution in [0, 0.1) is 6.92 Å². The van der Waals surface area contributed by atoms with Gasteiger partial charge < -0.3 is 15.7 Å². The molecule has 2 unspecified atom stereocenters. The summed E-state index contributed by atoms with van der Waals surface area (Å²) in [4.78, 5) is 16.8. The summed E-state index contributed by atoms with van der Waals surface area (Å²) in [5.41, 5.74) is 0. The smallest absolute Gasteiger partial charge is 0.315 e. The highest BCUT2D eigenvalue weighted by Crippen LogP contribution is 2.18. The number of thiazole rings is 1. The SMILES string of the molecule is Cc1cnc(C(C)NC(=O)NCCC(C)O)s1. The summed E-state index contributed by atoms with van der Waals surface area (Å²) >= 11 is 1.57. The third-order valence-corrected chi connectivity index (χ3v) is 3.30. The summed E-state index contributed by atoms with van der Waals surface area (Å²) in [5, 5.41) is 15.4. The lowest BCUT2D eigenvalue weighted by atomic mass is 10.3. The molecule has 6 heteroatoms. The molecule has 96 valence electrons. The number of aromatic nitrogens is 1. The van der Waals surface area contributed by atoms with Gasteiger partial charge in [-0.25, -0.2) is 9.78 Å². The molecule has 0 fully saturated rings. The normalized spacial score (nSPS) is 14.1. The molecule has 0 radical (unpaired) electrons. The Morgan fingerprint density at radius 2 is 2.29 bits per heavy atom. The number of carbonyl (C=O) groups is 1. The summed E-state index contributed by atoms with van der Waals surface area (Å²) in [6.45, 7) is 6.04. The van der Waals surface area contributed by atoms with Gasteiger partial charge in [0.2, 0.25) is 0 Å². The molecular weight excluding hydrogens is 238 g/mol. The fraction of sp³-hybridized carbons (Fsp3) is 0.636. The van der Waals surface area contributed by atoms with Crippen LogP contribution < -0.4 is 10.6 Å². The fourth-order valence-electron chi connectivity index (χ4n) is 1.28. The van der Waals surface area contributed by atoms with E-state index >= 15 is 0 Å². The monoisotopic (exact) mass is 257 g/mol. The number of nitrogens with one attached hydrogen (secondary N) is 2. The molecule has 0 saturated carbocycles. The van der Waals surface area contributed by atoms with Crippen LogP contribution in [0.1, 0.15) is 36.2 Å². The first-order valence-electron chi connectivity index (χ1n) is 5.63. The minimum atomic E-state index is -0.394. The summed E-state index contributed by atoms with van der Waals surface area (Å²) in [6.07, 6.45) is 1.95. The number of hydrogen-bond acceptors (Lipinski definition) is 4. The minimum absolute atomic E-state index is 0.0970. The van der Waals surface area contributed by atoms with Gasteiger partial charge in [-0.1, -0.05) is 0 Å². The Bertz CT molecular complexity index is 365. The molecule has 5 nitrogen and oxygen atoms in total. The maximum Gasteiger partial charge on any atom is 0.315 e. The molecule has 1 rings (SSSR count). The van der Waals surface area contributed by atoms with Gasteiger partial charge in [0.1, 0.15) is 5.01 Å². The van der Waals surface area contributed by atoms with Crippen LogP contribution in [0.4, 0.5) is 4.79 Å². The van der Waals surface area contributed by atoms with E-state index in [1.807, 2.05) is 13.8 Å². The lowest BCUT2D eigenvalue weighted by molar-refractivity contribution is 0.183. The molecule has 0 saturated heterocycles. The zero-order valence-corrected chi connectivity index (χ0v) is 11.2. The third-order valence-electron chi connectivity index (χ3n) is 2.20. The molecule has 0 aromatic carbocycles. The summed E-state index contributed by atoms with van der Waals surface area (Å²) in [5.74, 6) is 0. The van der Waals surface area contributed by atoms with Gasteiger partial charge in [-0.2, -0.15) is 0 Å².